The van der Waals surface area contributed by atoms with E-state index in [1.807, 2.05) is 6.07 Å². The highest BCUT2D eigenvalue weighted by molar-refractivity contribution is 5.94. The molecule has 0 aliphatic carbocycles. The maximum absolute atomic E-state index is 12.1. The van der Waals surface area contributed by atoms with Crippen molar-refractivity contribution in [2.45, 2.75) is 18.9 Å². The molecule has 8 heteroatoms. The molecule has 0 fully saturated rings. The number of rotatable bonds is 5. The van der Waals surface area contributed by atoms with Crippen molar-refractivity contribution < 1.29 is 32.5 Å². The number of ether oxygens (including phenoxy) is 2. The summed E-state index contributed by atoms with van der Waals surface area (Å²) in [6.07, 6.45) is -4.92. The molecule has 1 aliphatic heterocycles. The van der Waals surface area contributed by atoms with Crippen molar-refractivity contribution in [3.63, 3.8) is 0 Å². The molecule has 0 spiro atoms. The van der Waals surface area contributed by atoms with Gasteiger partial charge in [0.15, 0.2) is 0 Å². The molecule has 3 rings (SSSR count). The summed E-state index contributed by atoms with van der Waals surface area (Å²) in [5.74, 6) is -0.118. The first-order chi connectivity index (χ1) is 12.3. The van der Waals surface area contributed by atoms with E-state index in [4.69, 9.17) is 4.74 Å². The highest BCUT2D eigenvalue weighted by Crippen LogP contribution is 2.28. The standard InChI is InChI=1S/C18H16F3NO4/c19-18(20,21)26-14-4-1-11(2-5-14)17(24)22-10-15(23)12-3-6-16-13(9-12)7-8-25-16/h1-6,9,15,23H,7-8,10H2,(H,22,24). The normalized spacial score (nSPS) is 14.3. The summed E-state index contributed by atoms with van der Waals surface area (Å²) in [5.41, 5.74) is 1.82. The van der Waals surface area contributed by atoms with Crippen LogP contribution in [0.25, 0.3) is 0 Å². The van der Waals surface area contributed by atoms with Crippen LogP contribution in [0.3, 0.4) is 0 Å². The van der Waals surface area contributed by atoms with E-state index in [9.17, 15) is 23.1 Å². The van der Waals surface area contributed by atoms with Crippen LogP contribution in [-0.4, -0.2) is 30.5 Å². The van der Waals surface area contributed by atoms with Crippen LogP contribution < -0.4 is 14.8 Å². The van der Waals surface area contributed by atoms with Gasteiger partial charge in [0.25, 0.3) is 5.91 Å². The van der Waals surface area contributed by atoms with Gasteiger partial charge in [-0.25, -0.2) is 0 Å². The molecule has 2 aromatic carbocycles. The van der Waals surface area contributed by atoms with Gasteiger partial charge in [0.05, 0.1) is 12.7 Å². The number of hydrogen-bond acceptors (Lipinski definition) is 4. The minimum atomic E-state index is -4.78. The van der Waals surface area contributed by atoms with Crippen molar-refractivity contribution in [2.24, 2.45) is 0 Å². The number of fused-ring (bicyclic) bond motifs is 1. The van der Waals surface area contributed by atoms with Gasteiger partial charge in [-0.05, 0) is 47.5 Å². The molecule has 1 unspecified atom stereocenters. The summed E-state index contributed by atoms with van der Waals surface area (Å²) in [4.78, 5) is 12.1. The summed E-state index contributed by atoms with van der Waals surface area (Å²) in [5, 5.41) is 12.8. The monoisotopic (exact) mass is 367 g/mol. The van der Waals surface area contributed by atoms with Crippen molar-refractivity contribution in [2.75, 3.05) is 13.2 Å². The molecule has 5 nitrogen and oxygen atoms in total. The van der Waals surface area contributed by atoms with E-state index in [0.29, 0.717) is 12.2 Å². The van der Waals surface area contributed by atoms with Crippen LogP contribution in [-0.2, 0) is 6.42 Å². The van der Waals surface area contributed by atoms with Gasteiger partial charge in [-0.3, -0.25) is 4.79 Å². The van der Waals surface area contributed by atoms with Crippen molar-refractivity contribution in [1.29, 1.82) is 0 Å². The summed E-state index contributed by atoms with van der Waals surface area (Å²) in [6.45, 7) is 0.582. The third-order valence-electron chi connectivity index (χ3n) is 3.90. The SMILES string of the molecule is O=C(NCC(O)c1ccc2c(c1)CCO2)c1ccc(OC(F)(F)F)cc1. The third kappa shape index (κ3) is 4.45. The lowest BCUT2D eigenvalue weighted by Gasteiger charge is -2.14. The number of aliphatic hydroxyl groups is 1. The summed E-state index contributed by atoms with van der Waals surface area (Å²) in [7, 11) is 0. The Labute approximate surface area is 147 Å². The van der Waals surface area contributed by atoms with E-state index in [-0.39, 0.29) is 12.1 Å². The van der Waals surface area contributed by atoms with E-state index in [0.717, 1.165) is 29.9 Å². The predicted octanol–water partition coefficient (Wildman–Crippen LogP) is 2.98. The van der Waals surface area contributed by atoms with Gasteiger partial charge < -0.3 is 19.9 Å². The van der Waals surface area contributed by atoms with Gasteiger partial charge in [0, 0.05) is 18.5 Å². The molecular formula is C18H16F3NO4. The van der Waals surface area contributed by atoms with Gasteiger partial charge in [-0.2, -0.15) is 0 Å². The van der Waals surface area contributed by atoms with Crippen LogP contribution in [0.2, 0.25) is 0 Å². The summed E-state index contributed by atoms with van der Waals surface area (Å²) < 4.78 is 45.5. The number of aliphatic hydroxyl groups excluding tert-OH is 1. The number of nitrogens with one attached hydrogen (secondary N) is 1. The number of amides is 1. The van der Waals surface area contributed by atoms with E-state index in [1.54, 1.807) is 12.1 Å². The number of hydrogen-bond donors (Lipinski definition) is 2. The molecule has 0 saturated heterocycles. The van der Waals surface area contributed by atoms with Gasteiger partial charge in [0.2, 0.25) is 0 Å². The van der Waals surface area contributed by atoms with Crippen molar-refractivity contribution in [1.82, 2.24) is 5.32 Å². The maximum Gasteiger partial charge on any atom is 0.573 e. The second-order valence-electron chi connectivity index (χ2n) is 5.76. The zero-order valence-electron chi connectivity index (χ0n) is 13.5. The van der Waals surface area contributed by atoms with E-state index >= 15 is 0 Å². The fourth-order valence-electron chi connectivity index (χ4n) is 2.63. The first kappa shape index (κ1) is 18.1. The molecule has 1 amide bonds. The fraction of sp³-hybridized carbons (Fsp3) is 0.278. The Morgan fingerprint density at radius 3 is 2.65 bits per heavy atom. The number of halogens is 3. The summed E-state index contributed by atoms with van der Waals surface area (Å²) in [6, 6.07) is 9.89. The first-order valence-corrected chi connectivity index (χ1v) is 7.89. The molecule has 1 heterocycles. The quantitative estimate of drug-likeness (QED) is 0.853. The minimum absolute atomic E-state index is 0.0285. The van der Waals surface area contributed by atoms with Crippen LogP contribution in [0.4, 0.5) is 13.2 Å². The molecule has 0 radical (unpaired) electrons. The average Bonchev–Trinajstić information content (AvgIpc) is 3.06. The molecule has 0 saturated carbocycles. The molecule has 138 valence electrons. The highest BCUT2D eigenvalue weighted by Gasteiger charge is 2.31. The zero-order valence-corrected chi connectivity index (χ0v) is 13.5. The largest absolute Gasteiger partial charge is 0.573 e. The van der Waals surface area contributed by atoms with E-state index in [2.05, 4.69) is 10.1 Å². The highest BCUT2D eigenvalue weighted by atomic mass is 19.4. The molecule has 2 N–H and O–H groups in total. The van der Waals surface area contributed by atoms with E-state index in [1.165, 1.54) is 12.1 Å². The Kier molecular flexibility index (Phi) is 5.03. The predicted molar refractivity (Wildman–Crippen MR) is 86.1 cm³/mol. The van der Waals surface area contributed by atoms with Crippen molar-refractivity contribution in [3.05, 3.63) is 59.2 Å². The molecule has 1 atom stereocenters. The lowest BCUT2D eigenvalue weighted by molar-refractivity contribution is -0.274. The number of benzene rings is 2. The second kappa shape index (κ2) is 7.25. The number of alkyl halides is 3. The third-order valence-corrected chi connectivity index (χ3v) is 3.90. The minimum Gasteiger partial charge on any atom is -0.493 e. The topological polar surface area (TPSA) is 67.8 Å². The maximum atomic E-state index is 12.1. The van der Waals surface area contributed by atoms with Crippen LogP contribution in [0.15, 0.2) is 42.5 Å². The summed E-state index contributed by atoms with van der Waals surface area (Å²) >= 11 is 0. The van der Waals surface area contributed by atoms with Crippen LogP contribution in [0.5, 0.6) is 11.5 Å². The molecule has 2 aromatic rings. The van der Waals surface area contributed by atoms with Gasteiger partial charge >= 0.3 is 6.36 Å². The average molecular weight is 367 g/mol. The Morgan fingerprint density at radius 1 is 1.23 bits per heavy atom. The van der Waals surface area contributed by atoms with Crippen molar-refractivity contribution >= 4 is 5.91 Å². The second-order valence-corrected chi connectivity index (χ2v) is 5.76. The molecular weight excluding hydrogens is 351 g/mol. The first-order valence-electron chi connectivity index (χ1n) is 7.89. The molecule has 0 bridgehead atoms. The molecule has 0 aromatic heterocycles. The van der Waals surface area contributed by atoms with E-state index < -0.39 is 24.1 Å². The smallest absolute Gasteiger partial charge is 0.493 e. The van der Waals surface area contributed by atoms with Crippen LogP contribution >= 0.6 is 0 Å². The zero-order chi connectivity index (χ0) is 18.7. The van der Waals surface area contributed by atoms with Gasteiger partial charge in [-0.1, -0.05) is 6.07 Å². The lowest BCUT2D eigenvalue weighted by Crippen LogP contribution is -2.28. The molecule has 26 heavy (non-hydrogen) atoms. The lowest BCUT2D eigenvalue weighted by atomic mass is 10.0. The Morgan fingerprint density at radius 2 is 1.96 bits per heavy atom. The number of carbonyl (C=O) groups excluding carboxylic acids is 1. The Balaban J connectivity index is 1.56. The van der Waals surface area contributed by atoms with Crippen LogP contribution in [0.1, 0.15) is 27.6 Å². The van der Waals surface area contributed by atoms with Gasteiger partial charge in [-0.15, -0.1) is 13.2 Å². The number of carbonyl (C=O) groups is 1. The van der Waals surface area contributed by atoms with Crippen LogP contribution in [0, 0.1) is 0 Å². The van der Waals surface area contributed by atoms with Gasteiger partial charge in [0.1, 0.15) is 11.5 Å². The Bertz CT molecular complexity index is 790. The fourth-order valence-corrected chi connectivity index (χ4v) is 2.63. The molecule has 1 aliphatic rings. The van der Waals surface area contributed by atoms with Crippen molar-refractivity contribution in [3.8, 4) is 11.5 Å². The Hall–Kier alpha value is -2.74.